The van der Waals surface area contributed by atoms with Crippen LogP contribution in [-0.2, 0) is 6.42 Å². The van der Waals surface area contributed by atoms with E-state index in [9.17, 15) is 0 Å². The van der Waals surface area contributed by atoms with Crippen molar-refractivity contribution in [3.05, 3.63) is 18.0 Å². The maximum Gasteiger partial charge on any atom is 0.0640 e. The van der Waals surface area contributed by atoms with Crippen LogP contribution >= 0.6 is 0 Å². The molecule has 4 nitrogen and oxygen atoms in total. The van der Waals surface area contributed by atoms with Crippen molar-refractivity contribution in [2.24, 2.45) is 5.84 Å². The van der Waals surface area contributed by atoms with E-state index >= 15 is 0 Å². The number of nitrogens with two attached hydrogens (primary N) is 1. The van der Waals surface area contributed by atoms with Gasteiger partial charge in [0, 0.05) is 18.7 Å². The van der Waals surface area contributed by atoms with Gasteiger partial charge in [0.1, 0.15) is 0 Å². The van der Waals surface area contributed by atoms with Gasteiger partial charge in [-0.1, -0.05) is 51.9 Å². The summed E-state index contributed by atoms with van der Waals surface area (Å²) >= 11 is 0. The van der Waals surface area contributed by atoms with Gasteiger partial charge in [-0.3, -0.25) is 16.0 Å². The number of hydrogen-bond acceptors (Lipinski definition) is 3. The number of nitrogens with zero attached hydrogens (tertiary/aromatic N) is 2. The first-order valence-corrected chi connectivity index (χ1v) is 8.83. The Bertz CT molecular complexity index is 382. The van der Waals surface area contributed by atoms with E-state index in [1.54, 1.807) is 0 Å². The van der Waals surface area contributed by atoms with Crippen molar-refractivity contribution in [1.29, 1.82) is 0 Å². The van der Waals surface area contributed by atoms with Crippen LogP contribution in [0.15, 0.2) is 12.3 Å². The van der Waals surface area contributed by atoms with Gasteiger partial charge in [-0.15, -0.1) is 0 Å². The zero-order valence-electron chi connectivity index (χ0n) is 13.6. The number of rotatable bonds is 9. The van der Waals surface area contributed by atoms with Crippen molar-refractivity contribution in [2.75, 3.05) is 0 Å². The van der Waals surface area contributed by atoms with Crippen molar-refractivity contribution in [3.63, 3.8) is 0 Å². The van der Waals surface area contributed by atoms with E-state index in [1.165, 1.54) is 63.5 Å². The maximum absolute atomic E-state index is 5.70. The molecule has 1 aliphatic carbocycles. The number of nitrogens with one attached hydrogen (secondary N) is 1. The van der Waals surface area contributed by atoms with Gasteiger partial charge < -0.3 is 0 Å². The summed E-state index contributed by atoms with van der Waals surface area (Å²) in [6.07, 6.45) is 16.1. The quantitative estimate of drug-likeness (QED) is 0.414. The summed E-state index contributed by atoms with van der Waals surface area (Å²) in [5.74, 6) is 5.70. The molecule has 4 heteroatoms. The first kappa shape index (κ1) is 16.5. The lowest BCUT2D eigenvalue weighted by Crippen LogP contribution is -2.36. The zero-order valence-corrected chi connectivity index (χ0v) is 13.6. The smallest absolute Gasteiger partial charge is 0.0640 e. The van der Waals surface area contributed by atoms with Crippen LogP contribution in [0.1, 0.15) is 82.9 Å². The van der Waals surface area contributed by atoms with E-state index in [4.69, 9.17) is 10.9 Å². The highest BCUT2D eigenvalue weighted by Crippen LogP contribution is 2.27. The van der Waals surface area contributed by atoms with Crippen LogP contribution < -0.4 is 11.3 Å². The number of hydrazine groups is 1. The molecule has 0 bridgehead atoms. The van der Waals surface area contributed by atoms with E-state index in [1.807, 2.05) is 0 Å². The molecule has 1 saturated carbocycles. The molecule has 0 aliphatic heterocycles. The van der Waals surface area contributed by atoms with Crippen LogP contribution in [0, 0.1) is 0 Å². The van der Waals surface area contributed by atoms with Crippen LogP contribution in [0.4, 0.5) is 0 Å². The van der Waals surface area contributed by atoms with Gasteiger partial charge in [0.2, 0.25) is 0 Å². The molecule has 0 spiro atoms. The van der Waals surface area contributed by atoms with Gasteiger partial charge in [0.05, 0.1) is 11.7 Å². The molecule has 21 heavy (non-hydrogen) atoms. The Balaban J connectivity index is 1.79. The van der Waals surface area contributed by atoms with E-state index in [0.717, 1.165) is 12.8 Å². The summed E-state index contributed by atoms with van der Waals surface area (Å²) in [7, 11) is 0. The molecular weight excluding hydrogens is 260 g/mol. The lowest BCUT2D eigenvalue weighted by atomic mass is 9.96. The summed E-state index contributed by atoms with van der Waals surface area (Å²) in [5, 5.41) is 4.79. The summed E-state index contributed by atoms with van der Waals surface area (Å²) in [4.78, 5) is 0. The molecule has 1 aromatic rings. The SMILES string of the molecule is CCCCCCC(Cc1ccn(C2CCCCC2)n1)NN. The summed E-state index contributed by atoms with van der Waals surface area (Å²) in [6.45, 7) is 2.25. The first-order chi connectivity index (χ1) is 10.3. The Kier molecular flexibility index (Phi) is 7.24. The second kappa shape index (κ2) is 9.21. The first-order valence-electron chi connectivity index (χ1n) is 8.83. The van der Waals surface area contributed by atoms with Gasteiger partial charge in [0.15, 0.2) is 0 Å². The maximum atomic E-state index is 5.70. The fraction of sp³-hybridized carbons (Fsp3) is 0.824. The lowest BCUT2D eigenvalue weighted by molar-refractivity contribution is 0.327. The molecule has 2 rings (SSSR count). The lowest BCUT2D eigenvalue weighted by Gasteiger charge is -2.22. The van der Waals surface area contributed by atoms with E-state index < -0.39 is 0 Å². The largest absolute Gasteiger partial charge is 0.271 e. The summed E-state index contributed by atoms with van der Waals surface area (Å²) in [6, 6.07) is 3.16. The van der Waals surface area contributed by atoms with Gasteiger partial charge in [-0.25, -0.2) is 0 Å². The Labute approximate surface area is 129 Å². The molecule has 0 radical (unpaired) electrons. The Morgan fingerprint density at radius 1 is 1.29 bits per heavy atom. The molecule has 1 fully saturated rings. The molecule has 120 valence electrons. The average molecular weight is 292 g/mol. The van der Waals surface area contributed by atoms with Crippen LogP contribution in [0.2, 0.25) is 0 Å². The van der Waals surface area contributed by atoms with Crippen molar-refractivity contribution in [2.45, 2.75) is 89.6 Å². The number of hydrogen-bond donors (Lipinski definition) is 2. The van der Waals surface area contributed by atoms with E-state index in [0.29, 0.717) is 12.1 Å². The second-order valence-electron chi connectivity index (χ2n) is 6.50. The topological polar surface area (TPSA) is 55.9 Å². The standard InChI is InChI=1S/C17H32N4/c1-2-3-4-6-9-15(19-18)14-16-12-13-21(20-16)17-10-7-5-8-11-17/h12-13,15,17,19H,2-11,14,18H2,1H3. The molecule has 3 N–H and O–H groups in total. The molecule has 1 heterocycles. The predicted octanol–water partition coefficient (Wildman–Crippen LogP) is 3.73. The highest BCUT2D eigenvalue weighted by atomic mass is 15.3. The minimum Gasteiger partial charge on any atom is -0.271 e. The Hall–Kier alpha value is -0.870. The van der Waals surface area contributed by atoms with Crippen LogP contribution in [-0.4, -0.2) is 15.8 Å². The highest BCUT2D eigenvalue weighted by molar-refractivity contribution is 5.02. The minimum atomic E-state index is 0.358. The van der Waals surface area contributed by atoms with Crippen LogP contribution in [0.25, 0.3) is 0 Å². The predicted molar refractivity (Wildman–Crippen MR) is 87.9 cm³/mol. The van der Waals surface area contributed by atoms with Crippen molar-refractivity contribution in [3.8, 4) is 0 Å². The third-order valence-corrected chi connectivity index (χ3v) is 4.71. The molecular formula is C17H32N4. The van der Waals surface area contributed by atoms with Crippen molar-refractivity contribution < 1.29 is 0 Å². The normalized spacial score (nSPS) is 18.0. The van der Waals surface area contributed by atoms with Gasteiger partial charge in [-0.05, 0) is 25.3 Å². The monoisotopic (exact) mass is 292 g/mol. The van der Waals surface area contributed by atoms with Crippen LogP contribution in [0.5, 0.6) is 0 Å². The Morgan fingerprint density at radius 2 is 2.10 bits per heavy atom. The Morgan fingerprint density at radius 3 is 2.81 bits per heavy atom. The van der Waals surface area contributed by atoms with Crippen LogP contribution in [0.3, 0.4) is 0 Å². The van der Waals surface area contributed by atoms with Crippen molar-refractivity contribution >= 4 is 0 Å². The molecule has 1 atom stereocenters. The third-order valence-electron chi connectivity index (χ3n) is 4.71. The molecule has 1 aliphatic rings. The summed E-state index contributed by atoms with van der Waals surface area (Å²) < 4.78 is 2.19. The average Bonchev–Trinajstić information content (AvgIpc) is 3.00. The third kappa shape index (κ3) is 5.44. The molecule has 0 aromatic carbocycles. The molecule has 0 amide bonds. The van der Waals surface area contributed by atoms with Gasteiger partial charge >= 0.3 is 0 Å². The number of aromatic nitrogens is 2. The summed E-state index contributed by atoms with van der Waals surface area (Å²) in [5.41, 5.74) is 4.15. The van der Waals surface area contributed by atoms with E-state index in [-0.39, 0.29) is 0 Å². The van der Waals surface area contributed by atoms with E-state index in [2.05, 4.69) is 29.3 Å². The highest BCUT2D eigenvalue weighted by Gasteiger charge is 2.17. The molecule has 0 saturated heterocycles. The van der Waals surface area contributed by atoms with Gasteiger partial charge in [-0.2, -0.15) is 5.10 Å². The minimum absolute atomic E-state index is 0.358. The molecule has 1 aromatic heterocycles. The molecule has 1 unspecified atom stereocenters. The van der Waals surface area contributed by atoms with Gasteiger partial charge in [0.25, 0.3) is 0 Å². The fourth-order valence-electron chi connectivity index (χ4n) is 3.35. The van der Waals surface area contributed by atoms with Crippen molar-refractivity contribution in [1.82, 2.24) is 15.2 Å². The second-order valence-corrected chi connectivity index (χ2v) is 6.50. The fourth-order valence-corrected chi connectivity index (χ4v) is 3.35. The number of unbranched alkanes of at least 4 members (excludes halogenated alkanes) is 3. The zero-order chi connectivity index (χ0) is 14.9.